The molecule has 0 unspecified atom stereocenters. The Morgan fingerprint density at radius 1 is 1.10 bits per heavy atom. The lowest BCUT2D eigenvalue weighted by molar-refractivity contribution is 0.240. The molecule has 3 rings (SSSR count). The standard InChI is InChI=1S/C18H15NO2/c1-12-5-7-15-14-8-6-13(4-3-9-21-2)11-16(14)18(20)19-17(15)10-12/h5-8,10-11H,9H2,1-2H3,(H,19,20). The summed E-state index contributed by atoms with van der Waals surface area (Å²) in [5, 5.41) is 2.66. The van der Waals surface area contributed by atoms with Gasteiger partial charge in [0.15, 0.2) is 0 Å². The number of nitrogens with one attached hydrogen (secondary N) is 1. The third-order valence-electron chi connectivity index (χ3n) is 3.43. The Balaban J connectivity index is 2.26. The average molecular weight is 277 g/mol. The van der Waals surface area contributed by atoms with E-state index in [1.165, 1.54) is 0 Å². The number of aryl methyl sites for hydroxylation is 1. The molecule has 0 atom stereocenters. The third kappa shape index (κ3) is 2.54. The van der Waals surface area contributed by atoms with Crippen LogP contribution in [0, 0.1) is 18.8 Å². The molecule has 1 heterocycles. The minimum atomic E-state index is -0.0847. The van der Waals surface area contributed by atoms with Crippen molar-refractivity contribution in [3.63, 3.8) is 0 Å². The van der Waals surface area contributed by atoms with Gasteiger partial charge < -0.3 is 9.72 Å². The Labute approximate surface area is 122 Å². The molecule has 3 nitrogen and oxygen atoms in total. The fourth-order valence-electron chi connectivity index (χ4n) is 2.44. The second kappa shape index (κ2) is 5.43. The number of hydrogen-bond donors (Lipinski definition) is 1. The summed E-state index contributed by atoms with van der Waals surface area (Å²) in [5.41, 5.74) is 2.72. The molecule has 0 aliphatic carbocycles. The Morgan fingerprint density at radius 2 is 1.90 bits per heavy atom. The normalized spacial score (nSPS) is 10.6. The molecule has 0 spiro atoms. The molecule has 3 heteroatoms. The van der Waals surface area contributed by atoms with E-state index in [9.17, 15) is 4.79 Å². The van der Waals surface area contributed by atoms with E-state index in [1.54, 1.807) is 7.11 Å². The van der Waals surface area contributed by atoms with Gasteiger partial charge in [0.25, 0.3) is 5.56 Å². The molecular formula is C18H15NO2. The second-order valence-corrected chi connectivity index (χ2v) is 5.00. The molecule has 3 aromatic rings. The zero-order valence-electron chi connectivity index (χ0n) is 12.0. The van der Waals surface area contributed by atoms with Crippen LogP contribution >= 0.6 is 0 Å². The van der Waals surface area contributed by atoms with E-state index in [0.29, 0.717) is 12.0 Å². The second-order valence-electron chi connectivity index (χ2n) is 5.00. The highest BCUT2D eigenvalue weighted by Crippen LogP contribution is 2.22. The van der Waals surface area contributed by atoms with Gasteiger partial charge in [-0.15, -0.1) is 0 Å². The number of ether oxygens (including phenoxy) is 1. The van der Waals surface area contributed by atoms with Crippen molar-refractivity contribution >= 4 is 21.7 Å². The van der Waals surface area contributed by atoms with E-state index in [1.807, 2.05) is 43.3 Å². The highest BCUT2D eigenvalue weighted by atomic mass is 16.5. The summed E-state index contributed by atoms with van der Waals surface area (Å²) in [4.78, 5) is 15.2. The van der Waals surface area contributed by atoms with Gasteiger partial charge >= 0.3 is 0 Å². The molecular weight excluding hydrogens is 262 g/mol. The molecule has 0 aliphatic heterocycles. The Hall–Kier alpha value is -2.57. The molecule has 0 bridgehead atoms. The summed E-state index contributed by atoms with van der Waals surface area (Å²) in [6, 6.07) is 11.8. The fraction of sp³-hybridized carbons (Fsp3) is 0.167. The van der Waals surface area contributed by atoms with Gasteiger partial charge in [0.1, 0.15) is 6.61 Å². The summed E-state index contributed by atoms with van der Waals surface area (Å²) in [5.74, 6) is 5.89. The van der Waals surface area contributed by atoms with Crippen LogP contribution in [0.2, 0.25) is 0 Å². The van der Waals surface area contributed by atoms with Crippen LogP contribution in [0.5, 0.6) is 0 Å². The largest absolute Gasteiger partial charge is 0.372 e. The topological polar surface area (TPSA) is 42.1 Å². The van der Waals surface area contributed by atoms with Crippen LogP contribution in [0.3, 0.4) is 0 Å². The Kier molecular flexibility index (Phi) is 3.47. The predicted molar refractivity (Wildman–Crippen MR) is 85.6 cm³/mol. The van der Waals surface area contributed by atoms with Crippen molar-refractivity contribution in [1.29, 1.82) is 0 Å². The van der Waals surface area contributed by atoms with Gasteiger partial charge in [-0.1, -0.05) is 30.0 Å². The number of fused-ring (bicyclic) bond motifs is 3. The average Bonchev–Trinajstić information content (AvgIpc) is 2.47. The van der Waals surface area contributed by atoms with Gasteiger partial charge in [0.2, 0.25) is 0 Å². The van der Waals surface area contributed by atoms with Gasteiger partial charge in [0, 0.05) is 29.0 Å². The zero-order valence-corrected chi connectivity index (χ0v) is 12.0. The van der Waals surface area contributed by atoms with Crippen LogP contribution in [0.1, 0.15) is 11.1 Å². The maximum Gasteiger partial charge on any atom is 0.256 e. The van der Waals surface area contributed by atoms with Crippen LogP contribution in [-0.4, -0.2) is 18.7 Å². The highest BCUT2D eigenvalue weighted by Gasteiger charge is 2.05. The lowest BCUT2D eigenvalue weighted by Crippen LogP contribution is -2.06. The highest BCUT2D eigenvalue weighted by molar-refractivity contribution is 6.05. The van der Waals surface area contributed by atoms with Gasteiger partial charge in [0.05, 0.1) is 0 Å². The van der Waals surface area contributed by atoms with Crippen molar-refractivity contribution < 1.29 is 4.74 Å². The third-order valence-corrected chi connectivity index (χ3v) is 3.43. The number of hydrogen-bond acceptors (Lipinski definition) is 2. The van der Waals surface area contributed by atoms with Gasteiger partial charge in [-0.2, -0.15) is 0 Å². The predicted octanol–water partition coefficient (Wildman–Crippen LogP) is 2.99. The number of rotatable bonds is 1. The quantitative estimate of drug-likeness (QED) is 0.549. The van der Waals surface area contributed by atoms with E-state index in [2.05, 4.69) is 16.8 Å². The zero-order chi connectivity index (χ0) is 14.8. The summed E-state index contributed by atoms with van der Waals surface area (Å²) >= 11 is 0. The van der Waals surface area contributed by atoms with E-state index < -0.39 is 0 Å². The number of methoxy groups -OCH3 is 1. The first-order valence-corrected chi connectivity index (χ1v) is 6.73. The van der Waals surface area contributed by atoms with Crippen molar-refractivity contribution in [2.24, 2.45) is 0 Å². The lowest BCUT2D eigenvalue weighted by Gasteiger charge is -2.05. The maximum absolute atomic E-state index is 12.3. The number of benzene rings is 2. The number of aromatic nitrogens is 1. The first-order chi connectivity index (χ1) is 10.2. The molecule has 0 fully saturated rings. The molecule has 0 saturated heterocycles. The molecule has 0 saturated carbocycles. The van der Waals surface area contributed by atoms with E-state index in [0.717, 1.165) is 27.4 Å². The van der Waals surface area contributed by atoms with Crippen LogP contribution < -0.4 is 5.56 Å². The number of aromatic amines is 1. The molecule has 2 aromatic carbocycles. The molecule has 0 aliphatic rings. The van der Waals surface area contributed by atoms with Crippen molar-refractivity contribution in [3.8, 4) is 11.8 Å². The van der Waals surface area contributed by atoms with Crippen LogP contribution in [0.15, 0.2) is 41.2 Å². The van der Waals surface area contributed by atoms with Crippen LogP contribution in [-0.2, 0) is 4.74 Å². The summed E-state index contributed by atoms with van der Waals surface area (Å²) < 4.78 is 4.90. The monoisotopic (exact) mass is 277 g/mol. The lowest BCUT2D eigenvalue weighted by atomic mass is 10.0. The maximum atomic E-state index is 12.3. The molecule has 0 radical (unpaired) electrons. The van der Waals surface area contributed by atoms with Crippen molar-refractivity contribution in [1.82, 2.24) is 4.98 Å². The summed E-state index contributed by atoms with van der Waals surface area (Å²) in [6.45, 7) is 2.39. The minimum Gasteiger partial charge on any atom is -0.372 e. The number of H-pyrrole nitrogens is 1. The first-order valence-electron chi connectivity index (χ1n) is 6.73. The van der Waals surface area contributed by atoms with Gasteiger partial charge in [-0.25, -0.2) is 0 Å². The smallest absolute Gasteiger partial charge is 0.256 e. The molecule has 1 N–H and O–H groups in total. The van der Waals surface area contributed by atoms with Gasteiger partial charge in [-0.05, 0) is 36.1 Å². The fourth-order valence-corrected chi connectivity index (χ4v) is 2.44. The number of pyridine rings is 1. The van der Waals surface area contributed by atoms with E-state index in [4.69, 9.17) is 4.74 Å². The molecule has 21 heavy (non-hydrogen) atoms. The van der Waals surface area contributed by atoms with Crippen molar-refractivity contribution in [3.05, 3.63) is 57.9 Å². The van der Waals surface area contributed by atoms with Crippen molar-refractivity contribution in [2.45, 2.75) is 6.92 Å². The van der Waals surface area contributed by atoms with Gasteiger partial charge in [-0.3, -0.25) is 4.79 Å². The van der Waals surface area contributed by atoms with E-state index >= 15 is 0 Å². The molecule has 1 aromatic heterocycles. The minimum absolute atomic E-state index is 0.0847. The van der Waals surface area contributed by atoms with Crippen molar-refractivity contribution in [2.75, 3.05) is 13.7 Å². The van der Waals surface area contributed by atoms with Crippen LogP contribution in [0.25, 0.3) is 21.7 Å². The SMILES string of the molecule is COCC#Cc1ccc2c(c1)c(=O)[nH]c1cc(C)ccc12. The van der Waals surface area contributed by atoms with E-state index in [-0.39, 0.29) is 5.56 Å². The Bertz CT molecular complexity index is 942. The first kappa shape index (κ1) is 13.4. The van der Waals surface area contributed by atoms with Crippen LogP contribution in [0.4, 0.5) is 0 Å². The molecule has 0 amide bonds. The summed E-state index contributed by atoms with van der Waals surface area (Å²) in [6.07, 6.45) is 0. The summed E-state index contributed by atoms with van der Waals surface area (Å²) in [7, 11) is 1.61. The molecule has 104 valence electrons. The Morgan fingerprint density at radius 3 is 2.71 bits per heavy atom.